The Morgan fingerprint density at radius 3 is 2.60 bits per heavy atom. The van der Waals surface area contributed by atoms with Crippen LogP contribution in [0.15, 0.2) is 36.5 Å². The fourth-order valence-corrected chi connectivity index (χ4v) is 3.25. The van der Waals surface area contributed by atoms with E-state index in [0.717, 1.165) is 31.0 Å². The van der Waals surface area contributed by atoms with Gasteiger partial charge in [0, 0.05) is 30.9 Å². The molecule has 2 fully saturated rings. The minimum absolute atomic E-state index is 0.0837. The molecular formula is C18H21F2N5. The van der Waals surface area contributed by atoms with Gasteiger partial charge in [-0.2, -0.15) is 4.98 Å². The summed E-state index contributed by atoms with van der Waals surface area (Å²) in [5, 5.41) is 9.80. The molecule has 2 atom stereocenters. The first-order valence-corrected chi connectivity index (χ1v) is 8.52. The topological polar surface area (TPSA) is 61.9 Å². The lowest BCUT2D eigenvalue weighted by Crippen LogP contribution is -2.22. The molecule has 5 nitrogen and oxygen atoms in total. The zero-order valence-corrected chi connectivity index (χ0v) is 14.0. The summed E-state index contributed by atoms with van der Waals surface area (Å²) in [5.41, 5.74) is 0.408. The molecule has 7 heteroatoms. The maximum atomic E-state index is 13.5. The molecule has 0 bridgehead atoms. The molecule has 3 N–H and O–H groups in total. The molecule has 1 saturated carbocycles. The molecule has 132 valence electrons. The van der Waals surface area contributed by atoms with Gasteiger partial charge in [-0.3, -0.25) is 0 Å². The summed E-state index contributed by atoms with van der Waals surface area (Å²) in [5.74, 6) is -1.35. The van der Waals surface area contributed by atoms with Crippen LogP contribution in [0.1, 0.15) is 25.3 Å². The Balaban J connectivity index is 1.43. The standard InChI is InChI=1S/C18H21F2N5/c1-17(11-18(17,19)20)12-2-4-13(5-3-12)24-16-22-9-7-15(25-16)23-14-6-8-21-10-14/h2-5,7,9,14,21H,6,8,10-11H2,1H3,(H2,22,23,24,25). The molecule has 2 aromatic rings. The van der Waals surface area contributed by atoms with Gasteiger partial charge >= 0.3 is 0 Å². The number of hydrogen-bond donors (Lipinski definition) is 3. The Morgan fingerprint density at radius 1 is 1.20 bits per heavy atom. The lowest BCUT2D eigenvalue weighted by molar-refractivity contribution is 0.0920. The third-order valence-corrected chi connectivity index (χ3v) is 5.10. The van der Waals surface area contributed by atoms with Crippen LogP contribution in [-0.2, 0) is 5.41 Å². The van der Waals surface area contributed by atoms with Crippen molar-refractivity contribution in [3.05, 3.63) is 42.1 Å². The average molecular weight is 345 g/mol. The summed E-state index contributed by atoms with van der Waals surface area (Å²) in [6.07, 6.45) is 2.68. The van der Waals surface area contributed by atoms with Crippen LogP contribution in [0.3, 0.4) is 0 Å². The minimum Gasteiger partial charge on any atom is -0.366 e. The highest BCUT2D eigenvalue weighted by Crippen LogP contribution is 2.61. The van der Waals surface area contributed by atoms with Crippen LogP contribution in [0.25, 0.3) is 0 Å². The molecule has 1 aliphatic heterocycles. The van der Waals surface area contributed by atoms with Crippen LogP contribution in [0.2, 0.25) is 0 Å². The Labute approximate surface area is 145 Å². The molecule has 2 aliphatic rings. The SMILES string of the molecule is CC1(c2ccc(Nc3nccc(NC4CCNC4)n3)cc2)CC1(F)F. The molecule has 0 radical (unpaired) electrons. The number of benzene rings is 1. The second kappa shape index (κ2) is 5.91. The lowest BCUT2D eigenvalue weighted by Gasteiger charge is -2.14. The normalized spacial score (nSPS) is 27.1. The predicted octanol–water partition coefficient (Wildman–Crippen LogP) is 3.29. The van der Waals surface area contributed by atoms with Crippen LogP contribution < -0.4 is 16.0 Å². The van der Waals surface area contributed by atoms with Gasteiger partial charge in [0.05, 0.1) is 5.41 Å². The van der Waals surface area contributed by atoms with Crippen LogP contribution in [0.4, 0.5) is 26.2 Å². The van der Waals surface area contributed by atoms with Crippen LogP contribution >= 0.6 is 0 Å². The number of hydrogen-bond acceptors (Lipinski definition) is 5. The monoisotopic (exact) mass is 345 g/mol. The Kier molecular flexibility index (Phi) is 3.83. The highest BCUT2D eigenvalue weighted by Gasteiger charge is 2.68. The lowest BCUT2D eigenvalue weighted by atomic mass is 9.97. The minimum atomic E-state index is -2.60. The molecule has 1 aromatic carbocycles. The first-order chi connectivity index (χ1) is 12.0. The zero-order chi connectivity index (χ0) is 17.5. The van der Waals surface area contributed by atoms with Gasteiger partial charge in [0.2, 0.25) is 5.95 Å². The molecule has 0 spiro atoms. The molecular weight excluding hydrogens is 324 g/mol. The Bertz CT molecular complexity index is 758. The van der Waals surface area contributed by atoms with E-state index in [0.29, 0.717) is 17.6 Å². The summed E-state index contributed by atoms with van der Waals surface area (Å²) in [4.78, 5) is 8.68. The number of nitrogens with zero attached hydrogens (tertiary/aromatic N) is 2. The van der Waals surface area contributed by atoms with Crippen molar-refractivity contribution in [2.24, 2.45) is 0 Å². The second-order valence-electron chi connectivity index (χ2n) is 7.02. The molecule has 1 aromatic heterocycles. The molecule has 0 amide bonds. The molecule has 25 heavy (non-hydrogen) atoms. The first-order valence-electron chi connectivity index (χ1n) is 8.52. The Morgan fingerprint density at radius 2 is 1.96 bits per heavy atom. The van der Waals surface area contributed by atoms with E-state index in [1.165, 1.54) is 0 Å². The van der Waals surface area contributed by atoms with E-state index >= 15 is 0 Å². The van der Waals surface area contributed by atoms with Gasteiger partial charge in [0.1, 0.15) is 5.82 Å². The van der Waals surface area contributed by atoms with Crippen molar-refractivity contribution >= 4 is 17.5 Å². The summed E-state index contributed by atoms with van der Waals surface area (Å²) in [7, 11) is 0. The third-order valence-electron chi connectivity index (χ3n) is 5.10. The molecule has 2 heterocycles. The fourth-order valence-electron chi connectivity index (χ4n) is 3.25. The van der Waals surface area contributed by atoms with E-state index in [1.54, 1.807) is 37.4 Å². The summed E-state index contributed by atoms with van der Waals surface area (Å²) in [6.45, 7) is 3.54. The second-order valence-corrected chi connectivity index (χ2v) is 7.02. The van der Waals surface area contributed by atoms with Crippen LogP contribution in [0.5, 0.6) is 0 Å². The molecule has 2 unspecified atom stereocenters. The van der Waals surface area contributed by atoms with Crippen molar-refractivity contribution < 1.29 is 8.78 Å². The number of aromatic nitrogens is 2. The summed E-state index contributed by atoms with van der Waals surface area (Å²) >= 11 is 0. The predicted molar refractivity (Wildman–Crippen MR) is 93.6 cm³/mol. The average Bonchev–Trinajstić information content (AvgIpc) is 2.91. The van der Waals surface area contributed by atoms with E-state index in [9.17, 15) is 8.78 Å². The molecule has 1 saturated heterocycles. The van der Waals surface area contributed by atoms with Crippen molar-refractivity contribution in [1.82, 2.24) is 15.3 Å². The number of alkyl halides is 2. The van der Waals surface area contributed by atoms with Gasteiger partial charge in [-0.05, 0) is 43.7 Å². The Hall–Kier alpha value is -2.28. The van der Waals surface area contributed by atoms with Gasteiger partial charge in [0.25, 0.3) is 5.92 Å². The van der Waals surface area contributed by atoms with Gasteiger partial charge < -0.3 is 16.0 Å². The molecule has 1 aliphatic carbocycles. The van der Waals surface area contributed by atoms with Crippen LogP contribution in [-0.4, -0.2) is 35.0 Å². The summed E-state index contributed by atoms with van der Waals surface area (Å²) < 4.78 is 27.0. The third kappa shape index (κ3) is 3.16. The van der Waals surface area contributed by atoms with E-state index in [2.05, 4.69) is 25.9 Å². The van der Waals surface area contributed by atoms with E-state index in [1.807, 2.05) is 6.07 Å². The maximum absolute atomic E-state index is 13.5. The highest BCUT2D eigenvalue weighted by molar-refractivity contribution is 5.56. The first kappa shape index (κ1) is 16.2. The van der Waals surface area contributed by atoms with Crippen molar-refractivity contribution in [2.75, 3.05) is 23.7 Å². The maximum Gasteiger partial charge on any atom is 0.258 e. The van der Waals surface area contributed by atoms with Crippen molar-refractivity contribution in [2.45, 2.75) is 37.1 Å². The quantitative estimate of drug-likeness (QED) is 0.776. The van der Waals surface area contributed by atoms with E-state index < -0.39 is 11.3 Å². The van der Waals surface area contributed by atoms with Crippen molar-refractivity contribution in [1.29, 1.82) is 0 Å². The summed E-state index contributed by atoms with van der Waals surface area (Å²) in [6, 6.07) is 9.29. The van der Waals surface area contributed by atoms with E-state index in [-0.39, 0.29) is 6.42 Å². The number of anilines is 3. The largest absolute Gasteiger partial charge is 0.366 e. The van der Waals surface area contributed by atoms with E-state index in [4.69, 9.17) is 0 Å². The van der Waals surface area contributed by atoms with Gasteiger partial charge in [-0.15, -0.1) is 0 Å². The van der Waals surface area contributed by atoms with Crippen molar-refractivity contribution in [3.63, 3.8) is 0 Å². The molecule has 4 rings (SSSR count). The number of halogens is 2. The number of rotatable bonds is 5. The zero-order valence-electron chi connectivity index (χ0n) is 14.0. The van der Waals surface area contributed by atoms with Crippen LogP contribution in [0, 0.1) is 0 Å². The van der Waals surface area contributed by atoms with Crippen molar-refractivity contribution in [3.8, 4) is 0 Å². The number of nitrogens with one attached hydrogen (secondary N) is 3. The van der Waals surface area contributed by atoms with Gasteiger partial charge in [-0.1, -0.05) is 12.1 Å². The smallest absolute Gasteiger partial charge is 0.258 e. The van der Waals surface area contributed by atoms with Gasteiger partial charge in [-0.25, -0.2) is 13.8 Å². The highest BCUT2D eigenvalue weighted by atomic mass is 19.3. The van der Waals surface area contributed by atoms with Gasteiger partial charge in [0.15, 0.2) is 0 Å². The fraction of sp³-hybridized carbons (Fsp3) is 0.444.